The first-order valence-electron chi connectivity index (χ1n) is 16.0. The Balaban J connectivity index is 1.16. The van der Waals surface area contributed by atoms with Crippen LogP contribution in [-0.4, -0.2) is 75.0 Å². The molecule has 0 saturated carbocycles. The zero-order valence-electron chi connectivity index (χ0n) is 26.8. The molecule has 1 atom stereocenters. The lowest BCUT2D eigenvalue weighted by atomic mass is 9.92. The van der Waals surface area contributed by atoms with Crippen LogP contribution in [0.2, 0.25) is 0 Å². The maximum Gasteiger partial charge on any atom is 0.410 e. The second-order valence-corrected chi connectivity index (χ2v) is 13.3. The van der Waals surface area contributed by atoms with Gasteiger partial charge in [-0.2, -0.15) is 5.10 Å². The van der Waals surface area contributed by atoms with E-state index in [-0.39, 0.29) is 11.8 Å². The van der Waals surface area contributed by atoms with Crippen molar-refractivity contribution in [3.63, 3.8) is 0 Å². The molecule has 0 bridgehead atoms. The van der Waals surface area contributed by atoms with Gasteiger partial charge >= 0.3 is 6.09 Å². The third-order valence-electron chi connectivity index (χ3n) is 8.89. The fourth-order valence-corrected chi connectivity index (χ4v) is 6.65. The molecule has 2 aromatic carbocycles. The second-order valence-electron chi connectivity index (χ2n) is 13.3. The van der Waals surface area contributed by atoms with E-state index >= 15 is 0 Å². The summed E-state index contributed by atoms with van der Waals surface area (Å²) in [6, 6.07) is 16.0. The summed E-state index contributed by atoms with van der Waals surface area (Å²) in [5.74, 6) is 0.541. The molecule has 1 aromatic heterocycles. The molecule has 0 spiro atoms. The van der Waals surface area contributed by atoms with Gasteiger partial charge in [0.05, 0.1) is 17.6 Å². The molecule has 6 rings (SSSR count). The minimum absolute atomic E-state index is 0.00746. The lowest BCUT2D eigenvalue weighted by molar-refractivity contribution is -0.549. The molecule has 3 aliphatic rings. The number of quaternary nitrogens is 1. The Hall–Kier alpha value is -4.77. The number of likely N-dealkylation sites (tertiary alicyclic amines) is 2. The van der Waals surface area contributed by atoms with Crippen molar-refractivity contribution in [3.8, 4) is 0 Å². The maximum absolute atomic E-state index is 13.6. The van der Waals surface area contributed by atoms with Gasteiger partial charge in [-0.25, -0.2) is 9.79 Å². The van der Waals surface area contributed by atoms with Gasteiger partial charge in [-0.05, 0) is 63.6 Å². The van der Waals surface area contributed by atoms with E-state index in [1.54, 1.807) is 4.90 Å². The predicted molar refractivity (Wildman–Crippen MR) is 178 cm³/mol. The number of fused-ring (bicyclic) bond motifs is 1. The Morgan fingerprint density at radius 1 is 1.11 bits per heavy atom. The highest BCUT2D eigenvalue weighted by Crippen LogP contribution is 2.32. The third kappa shape index (κ3) is 6.74. The highest BCUT2D eigenvalue weighted by Gasteiger charge is 2.40. The van der Waals surface area contributed by atoms with Crippen LogP contribution in [-0.2, 0) is 16.1 Å². The van der Waals surface area contributed by atoms with Gasteiger partial charge in [0.1, 0.15) is 23.7 Å². The summed E-state index contributed by atoms with van der Waals surface area (Å²) in [5.41, 5.74) is 11.7. The summed E-state index contributed by atoms with van der Waals surface area (Å²) in [5, 5.41) is 15.5. The van der Waals surface area contributed by atoms with Crippen LogP contribution >= 0.6 is 0 Å². The summed E-state index contributed by atoms with van der Waals surface area (Å²) in [4.78, 5) is 33.9. The number of carbonyl (C=O) groups excluding carboxylic acids is 2. The quantitative estimate of drug-likeness (QED) is 0.270. The minimum atomic E-state index is -0.606. The molecule has 240 valence electrons. The fourth-order valence-electron chi connectivity index (χ4n) is 6.65. The molecule has 46 heavy (non-hydrogen) atoms. The van der Waals surface area contributed by atoms with Crippen LogP contribution in [0.15, 0.2) is 77.2 Å². The number of nitrogens with two attached hydrogens (primary N) is 2. The van der Waals surface area contributed by atoms with E-state index < -0.39 is 17.7 Å². The number of nitrogens with one attached hydrogen (secondary N) is 1. The van der Waals surface area contributed by atoms with Crippen LogP contribution in [0.25, 0.3) is 16.5 Å². The van der Waals surface area contributed by atoms with Crippen LogP contribution in [0.1, 0.15) is 57.6 Å². The number of benzene rings is 2. The smallest absolute Gasteiger partial charge is 0.410 e. The lowest BCUT2D eigenvalue weighted by Gasteiger charge is -2.35. The summed E-state index contributed by atoms with van der Waals surface area (Å²) < 4.78 is 7.53. The number of piperidine rings is 1. The number of hydrogen-bond donors (Lipinski definition) is 3. The van der Waals surface area contributed by atoms with Gasteiger partial charge in [0.2, 0.25) is 5.91 Å². The van der Waals surface area contributed by atoms with E-state index in [1.165, 1.54) is 5.56 Å². The Labute approximate surface area is 269 Å². The molecule has 2 saturated heterocycles. The molecule has 11 heteroatoms. The van der Waals surface area contributed by atoms with Crippen molar-refractivity contribution in [2.45, 2.75) is 64.6 Å². The van der Waals surface area contributed by atoms with Crippen molar-refractivity contribution >= 4 is 40.7 Å². The second kappa shape index (κ2) is 12.9. The Morgan fingerprint density at radius 2 is 1.87 bits per heavy atom. The molecule has 2 fully saturated rings. The van der Waals surface area contributed by atoms with Gasteiger partial charge in [0.15, 0.2) is 11.5 Å². The summed E-state index contributed by atoms with van der Waals surface area (Å²) in [6.07, 6.45) is 7.84. The largest absolute Gasteiger partial charge is 0.444 e. The van der Waals surface area contributed by atoms with Crippen LogP contribution < -0.4 is 11.1 Å². The van der Waals surface area contributed by atoms with Gasteiger partial charge in [0.25, 0.3) is 0 Å². The number of nitrogens with zero attached hydrogens (tertiary/aromatic N) is 5. The molecule has 0 unspecified atom stereocenters. The SMILES string of the molecule is CC(C)(C)OC(=O)N1CCC[C@H]1C(=O)N1CCC(C2=CC(c3ccc4cn(Cc5ccccc5)nc4c3)=C(C(N)=NC=N)[NH2+]2)CC1. The molecular weight excluding hydrogens is 580 g/mol. The molecule has 0 aliphatic carbocycles. The molecule has 3 aromatic rings. The van der Waals surface area contributed by atoms with Crippen molar-refractivity contribution in [3.05, 3.63) is 83.3 Å². The number of amides is 2. The molecule has 2 amide bonds. The Kier molecular flexibility index (Phi) is 8.77. The number of hydrogen-bond acceptors (Lipinski definition) is 5. The standard InChI is InChI=1S/C35H42N8O3/c1-35(2,3)46-34(45)43-15-7-10-30(43)33(44)41-16-13-24(14-17-41)28-19-27(31(39-28)32(37)38-22-36)25-11-12-26-21-42(40-29(26)18-25)20-23-8-5-4-6-9-23/h4-6,8-9,11-12,18-19,21-22,24,30,39H,7,10,13-17,20H2,1-3H3,(H3,36,37,38)/p+1/t30-/m0/s1. The van der Waals surface area contributed by atoms with E-state index in [9.17, 15) is 9.59 Å². The lowest BCUT2D eigenvalue weighted by Crippen LogP contribution is -2.82. The first-order valence-corrected chi connectivity index (χ1v) is 16.0. The van der Waals surface area contributed by atoms with Gasteiger partial charge < -0.3 is 15.4 Å². The van der Waals surface area contributed by atoms with Crippen LogP contribution in [0.3, 0.4) is 0 Å². The predicted octanol–water partition coefficient (Wildman–Crippen LogP) is 3.86. The number of aliphatic imine (C=N–C) groups is 1. The van der Waals surface area contributed by atoms with Crippen LogP contribution in [0.5, 0.6) is 0 Å². The number of allylic oxidation sites excluding steroid dienone is 3. The van der Waals surface area contributed by atoms with Gasteiger partial charge in [-0.3, -0.25) is 25.1 Å². The number of carbonyl (C=O) groups is 2. The zero-order valence-corrected chi connectivity index (χ0v) is 26.8. The van der Waals surface area contributed by atoms with E-state index in [0.717, 1.165) is 59.0 Å². The molecule has 5 N–H and O–H groups in total. The van der Waals surface area contributed by atoms with Gasteiger partial charge in [-0.1, -0.05) is 42.5 Å². The first kappa shape index (κ1) is 31.2. The van der Waals surface area contributed by atoms with Crippen molar-refractivity contribution in [2.75, 3.05) is 19.6 Å². The van der Waals surface area contributed by atoms with E-state index in [1.807, 2.05) is 48.6 Å². The average molecular weight is 624 g/mol. The molecule has 4 heterocycles. The van der Waals surface area contributed by atoms with E-state index in [2.05, 4.69) is 52.9 Å². The molecule has 3 aliphatic heterocycles. The van der Waals surface area contributed by atoms with E-state index in [0.29, 0.717) is 38.4 Å². The highest BCUT2D eigenvalue weighted by atomic mass is 16.6. The normalized spacial score (nSPS) is 19.6. The summed E-state index contributed by atoms with van der Waals surface area (Å²) in [7, 11) is 0. The van der Waals surface area contributed by atoms with Crippen molar-refractivity contribution in [1.29, 1.82) is 5.41 Å². The van der Waals surface area contributed by atoms with Crippen LogP contribution in [0.4, 0.5) is 4.79 Å². The van der Waals surface area contributed by atoms with Crippen molar-refractivity contribution in [1.82, 2.24) is 19.6 Å². The fraction of sp³-hybridized carbons (Fsp3) is 0.400. The van der Waals surface area contributed by atoms with Gasteiger partial charge in [0, 0.05) is 43.2 Å². The topological polar surface area (TPSA) is 147 Å². The molecule has 11 nitrogen and oxygen atoms in total. The third-order valence-corrected chi connectivity index (χ3v) is 8.89. The number of amidine groups is 1. The first-order chi connectivity index (χ1) is 22.1. The Morgan fingerprint density at radius 3 is 2.59 bits per heavy atom. The van der Waals surface area contributed by atoms with Gasteiger partial charge in [-0.15, -0.1) is 0 Å². The minimum Gasteiger partial charge on any atom is -0.444 e. The summed E-state index contributed by atoms with van der Waals surface area (Å²) in [6.45, 7) is 7.99. The maximum atomic E-state index is 13.6. The zero-order chi connectivity index (χ0) is 32.4. The monoisotopic (exact) mass is 623 g/mol. The highest BCUT2D eigenvalue weighted by molar-refractivity contribution is 6.07. The average Bonchev–Trinajstić information content (AvgIpc) is 3.79. The summed E-state index contributed by atoms with van der Waals surface area (Å²) >= 11 is 0. The number of aromatic nitrogens is 2. The number of ether oxygens (including phenoxy) is 1. The van der Waals surface area contributed by atoms with Crippen molar-refractivity contribution < 1.29 is 19.6 Å². The molecule has 0 radical (unpaired) electrons. The van der Waals surface area contributed by atoms with Crippen LogP contribution in [0, 0.1) is 11.3 Å². The molecular formula is C35H43N8O3+. The van der Waals surface area contributed by atoms with E-state index in [4.69, 9.17) is 21.0 Å². The Bertz CT molecular complexity index is 1730. The number of rotatable bonds is 7. The van der Waals surface area contributed by atoms with Crippen molar-refractivity contribution in [2.24, 2.45) is 16.6 Å².